The first kappa shape index (κ1) is 117. The number of para-hydroxylation sites is 3. The van der Waals surface area contributed by atoms with Crippen LogP contribution in [0.25, 0.3) is 50.9 Å². The maximum Gasteiger partial charge on any atom is 0.416 e. The molecule has 18 nitrogen and oxygen atoms in total. The largest absolute Gasteiger partial charge is 0.481 e. The van der Waals surface area contributed by atoms with Gasteiger partial charge in [0.25, 0.3) is 10.1 Å². The van der Waals surface area contributed by atoms with Crippen LogP contribution in [0.15, 0.2) is 217 Å². The number of aliphatic carboxylic acids is 2. The molecule has 0 atom stereocenters. The number of rotatable bonds is 21. The second-order valence-corrected chi connectivity index (χ2v) is 36.6. The molecule has 9 aromatic carbocycles. The molecule has 12 rings (SSSR count). The van der Waals surface area contributed by atoms with Gasteiger partial charge in [0.2, 0.25) is 0 Å². The zero-order valence-corrected chi connectivity index (χ0v) is 81.1. The van der Waals surface area contributed by atoms with Crippen molar-refractivity contribution in [3.8, 4) is 18.2 Å². The van der Waals surface area contributed by atoms with Crippen LogP contribution < -0.4 is 0 Å². The smallest absolute Gasteiger partial charge is 0.416 e. The average Bonchev–Trinajstić information content (AvgIpc) is 1.65. The Hall–Kier alpha value is -13.7. The fourth-order valence-electron chi connectivity index (χ4n) is 13.9. The van der Waals surface area contributed by atoms with Gasteiger partial charge < -0.3 is 38.9 Å². The van der Waals surface area contributed by atoms with Crippen molar-refractivity contribution in [2.75, 3.05) is 19.5 Å². The maximum atomic E-state index is 13.2. The van der Waals surface area contributed by atoms with Crippen LogP contribution in [0.2, 0.25) is 0 Å². The van der Waals surface area contributed by atoms with E-state index in [1.54, 1.807) is 143 Å². The molecule has 0 spiro atoms. The lowest BCUT2D eigenvalue weighted by molar-refractivity contribution is -0.150. The fraction of sp³-hybridized carbons (Fsp3) is 0.298. The van der Waals surface area contributed by atoms with Crippen LogP contribution in [0.5, 0.6) is 0 Å². The van der Waals surface area contributed by atoms with Gasteiger partial charge in [-0.1, -0.05) is 140 Å². The van der Waals surface area contributed by atoms with Crippen LogP contribution in [0, 0.1) is 75.5 Å². The Balaban J connectivity index is 0.000000261. The molecule has 0 saturated carbocycles. The van der Waals surface area contributed by atoms with Gasteiger partial charge in [-0.05, 0) is 251 Å². The summed E-state index contributed by atoms with van der Waals surface area (Å²) in [4.78, 5) is 48.9. The number of nitriles is 3. The van der Waals surface area contributed by atoms with E-state index in [4.69, 9.17) is 35.3 Å². The summed E-state index contributed by atoms with van der Waals surface area (Å²) in [7, 11) is -3.57. The van der Waals surface area contributed by atoms with E-state index in [1.165, 1.54) is 31.2 Å². The third-order valence-corrected chi connectivity index (χ3v) is 20.9. The number of aromatic nitrogens is 3. The highest BCUT2D eigenvalue weighted by Crippen LogP contribution is 2.38. The van der Waals surface area contributed by atoms with Gasteiger partial charge in [0, 0.05) is 93.0 Å². The Kier molecular flexibility index (Phi) is 41.3. The molecule has 142 heavy (non-hydrogen) atoms. The first-order valence-corrected chi connectivity index (χ1v) is 45.7. The van der Waals surface area contributed by atoms with Crippen LogP contribution in [0.4, 0.5) is 79.0 Å². The first-order valence-electron chi connectivity index (χ1n) is 42.8. The van der Waals surface area contributed by atoms with Gasteiger partial charge >= 0.3 is 60.9 Å². The van der Waals surface area contributed by atoms with Crippen LogP contribution >= 0.6 is 15.9 Å². The predicted molar refractivity (Wildman–Crippen MR) is 506 cm³/mol. The van der Waals surface area contributed by atoms with Gasteiger partial charge in [0.1, 0.15) is 46.1 Å². The van der Waals surface area contributed by atoms with Crippen molar-refractivity contribution in [3.63, 3.8) is 0 Å². The molecule has 0 unspecified atom stereocenters. The summed E-state index contributed by atoms with van der Waals surface area (Å²) in [6.45, 7) is 20.6. The van der Waals surface area contributed by atoms with Crippen molar-refractivity contribution >= 4 is 101 Å². The molecule has 0 amide bonds. The van der Waals surface area contributed by atoms with E-state index >= 15 is 0 Å². The number of hydrogen-bond donors (Lipinski definition) is 4. The van der Waals surface area contributed by atoms with E-state index in [-0.39, 0.29) is 48.3 Å². The average molecular weight is 2080 g/mol. The van der Waals surface area contributed by atoms with E-state index in [2.05, 4.69) is 25.1 Å². The topological polar surface area (TPSA) is 288 Å². The normalized spacial score (nSPS) is 12.2. The van der Waals surface area contributed by atoms with E-state index in [9.17, 15) is 112 Å². The molecule has 3 aromatic heterocycles. The minimum Gasteiger partial charge on any atom is -0.481 e. The maximum absolute atomic E-state index is 13.2. The summed E-state index contributed by atoms with van der Waals surface area (Å²) in [5.74, 6) is -3.77. The highest BCUT2D eigenvalue weighted by atomic mass is 79.9. The number of nitrogens with zero attached hydrogens (tertiary/aromatic N) is 5. The predicted octanol–water partition coefficient (Wildman–Crippen LogP) is 26.7. The lowest BCUT2D eigenvalue weighted by Crippen LogP contribution is -2.24. The summed E-state index contributed by atoms with van der Waals surface area (Å²) in [5.41, 5.74) is 4.69. The Morgan fingerprint density at radius 3 is 1.02 bits per heavy atom. The number of benzene rings is 9. The zero-order chi connectivity index (χ0) is 107. The van der Waals surface area contributed by atoms with Crippen molar-refractivity contribution in [2.24, 2.45) is 0 Å². The standard InChI is InChI=1S/C26H25F3N2O2.C22H17F3N2O2.C16H16N2O2.C11H13F3O3S.C10H9F3O2.C10H11F3O.C9H8BrF3/c1-17-11-18(13-21(12-17)26(27,28)29)9-10-31-16-20(22-7-5-6-8-23(22)31)14-19(15-30)24(32)33-25(2,3)4;1-14-8-15(10-18(9-14)22(23,24)25)6-7-27-13-17(11-16(12-26)21(28)29)19-4-2-3-5-20(19)27;1-16(2,3)20-15(19)11(9-17)8-12-10-18-14-7-5-4-6-13(12)14;1-8-5-9(3-4-17-18(2,15)16)7-10(6-8)11(12,13)14;1-6-2-7(5-9(14)15)4-8(3-6)10(11,12)13;1-7-4-8(2-3-14)6-9(5-7)10(11,12)13;1-6-2-7(5-10)4-8(3-6)9(11,12)13/h5-8,11-14,16H,9-10H2,1-4H3;2-5,8-11,13H,6-7H2,1H3,(H,28,29);4-8,10,18H,1-3H3;5-7H,3-4H2,1-2H3;2-4H,5H2,1H3,(H,14,15);4-6,14H,2-3H2,1H3;2-4H,5H2,1H3/b19-14+;16-11+;11-8+;;;;. The number of aromatic amines is 1. The number of esters is 2. The first-order chi connectivity index (χ1) is 65.7. The molecule has 756 valence electrons. The number of alkyl halides is 19. The molecule has 0 fully saturated rings. The van der Waals surface area contributed by atoms with Gasteiger partial charge in [-0.15, -0.1) is 0 Å². The number of aliphatic hydroxyl groups excluding tert-OH is 1. The number of hydrogen-bond acceptors (Lipinski definition) is 13. The lowest BCUT2D eigenvalue weighted by atomic mass is 10.0. The zero-order valence-electron chi connectivity index (χ0n) is 78.7. The summed E-state index contributed by atoms with van der Waals surface area (Å²) in [6, 6.07) is 50.7. The minimum absolute atomic E-state index is 0.00956. The third kappa shape index (κ3) is 38.7. The third-order valence-electron chi connectivity index (χ3n) is 19.7. The van der Waals surface area contributed by atoms with Gasteiger partial charge in [-0.2, -0.15) is 103 Å². The molecular weight excluding hydrogens is 1980 g/mol. The van der Waals surface area contributed by atoms with Gasteiger partial charge in [0.05, 0.1) is 52.7 Å². The summed E-state index contributed by atoms with van der Waals surface area (Å²) in [6.07, 6.45) is -14.9. The van der Waals surface area contributed by atoms with Crippen LogP contribution in [-0.2, 0) is 131 Å². The number of fused-ring (bicyclic) bond motifs is 3. The van der Waals surface area contributed by atoms with E-state index in [0.29, 0.717) is 104 Å². The number of H-pyrrole nitrogens is 1. The van der Waals surface area contributed by atoms with Crippen LogP contribution in [0.1, 0.15) is 158 Å². The molecule has 0 aliphatic heterocycles. The second kappa shape index (κ2) is 50.1. The van der Waals surface area contributed by atoms with Gasteiger partial charge in [-0.25, -0.2) is 14.4 Å². The number of aliphatic hydroxyl groups is 1. The number of carboxylic acids is 2. The molecular formula is C104H99BrF18N6O12S. The number of ether oxygens (including phenoxy) is 2. The molecule has 0 radical (unpaired) electrons. The highest BCUT2D eigenvalue weighted by Gasteiger charge is 2.36. The molecule has 0 aliphatic rings. The van der Waals surface area contributed by atoms with Crippen LogP contribution in [-0.4, -0.2) is 92.4 Å². The number of halogens is 19. The van der Waals surface area contributed by atoms with Crippen molar-refractivity contribution in [2.45, 2.75) is 182 Å². The molecule has 0 aliphatic carbocycles. The van der Waals surface area contributed by atoms with Crippen LogP contribution in [0.3, 0.4) is 0 Å². The fourth-order valence-corrected chi connectivity index (χ4v) is 14.6. The lowest BCUT2D eigenvalue weighted by Gasteiger charge is -2.18. The SMILES string of the molecule is CC(C)(C)OC(=O)/C(C#N)=C/c1c[nH]c2ccccc12.Cc1cc(CBr)cc(C(F)(F)F)c1.Cc1cc(CC(=O)O)cc(C(F)(F)F)c1.Cc1cc(CCO)cc(C(F)(F)F)c1.Cc1cc(CCOS(C)(=O)=O)cc(C(F)(F)F)c1.Cc1cc(CCn2cc(/C=C(\C#N)C(=O)O)c3ccccc32)cc(C(F)(F)F)c1.Cc1cc(CCn2cc(/C=C(\C#N)C(=O)OC(C)(C)C)c3ccccc32)cc(C(F)(F)F)c1. The number of nitrogens with one attached hydrogen (secondary N) is 1. The van der Waals surface area contributed by atoms with Crippen molar-refractivity contribution in [1.29, 1.82) is 15.8 Å². The second-order valence-electron chi connectivity index (χ2n) is 34.4. The molecule has 4 N–H and O–H groups in total. The Morgan fingerprint density at radius 2 is 0.704 bits per heavy atom. The van der Waals surface area contributed by atoms with Gasteiger partial charge in [-0.3, -0.25) is 8.98 Å². The summed E-state index contributed by atoms with van der Waals surface area (Å²) >= 11 is 3.13. The van der Waals surface area contributed by atoms with Gasteiger partial charge in [0.15, 0.2) is 0 Å². The molecule has 38 heteroatoms. The monoisotopic (exact) mass is 2080 g/mol. The molecule has 0 bridgehead atoms. The van der Waals surface area contributed by atoms with Crippen molar-refractivity contribution < 1.29 is 136 Å². The minimum atomic E-state index is -4.43. The Morgan fingerprint density at radius 1 is 0.408 bits per heavy atom. The van der Waals surface area contributed by atoms with E-state index in [0.717, 1.165) is 111 Å². The van der Waals surface area contributed by atoms with Crippen molar-refractivity contribution in [3.05, 3.63) is 334 Å². The number of carbonyl (C=O) groups is 4. The molecule has 3 heterocycles. The quantitative estimate of drug-likeness (QED) is 0.0130. The van der Waals surface area contributed by atoms with E-state index < -0.39 is 122 Å². The number of carboxylic acid groups (broad SMARTS) is 2. The number of carbonyl (C=O) groups excluding carboxylic acids is 2. The highest BCUT2D eigenvalue weighted by molar-refractivity contribution is 9.08. The summed E-state index contributed by atoms with van der Waals surface area (Å²) in [5, 5.41) is 56.8. The Labute approximate surface area is 815 Å². The summed E-state index contributed by atoms with van der Waals surface area (Å²) < 4.78 is 267. The molecule has 0 saturated heterocycles. The van der Waals surface area contributed by atoms with Crippen molar-refractivity contribution in [1.82, 2.24) is 14.1 Å². The Bertz CT molecular complexity index is 6820. The number of aryl methyl sites for hydroxylation is 10. The molecule has 12 aromatic rings. The van der Waals surface area contributed by atoms with E-state index in [1.807, 2.05) is 88.0 Å².